The van der Waals surface area contributed by atoms with Gasteiger partial charge in [-0.25, -0.2) is 4.79 Å². The number of benzene rings is 1. The average Bonchev–Trinajstić information content (AvgIpc) is 2.37. The van der Waals surface area contributed by atoms with Gasteiger partial charge in [0.1, 0.15) is 5.60 Å². The van der Waals surface area contributed by atoms with Crippen LogP contribution < -0.4 is 5.73 Å². The quantitative estimate of drug-likeness (QED) is 0.858. The Kier molecular flexibility index (Phi) is 4.33. The summed E-state index contributed by atoms with van der Waals surface area (Å²) >= 11 is 0. The number of ether oxygens (including phenoxy) is 1. The molecular formula is C16H24N2O2. The van der Waals surface area contributed by atoms with Gasteiger partial charge in [0.05, 0.1) is 0 Å². The number of piperidine rings is 1. The molecule has 0 radical (unpaired) electrons. The molecule has 0 aliphatic carbocycles. The highest BCUT2D eigenvalue weighted by Gasteiger charge is 2.31. The Balaban J connectivity index is 2.07. The summed E-state index contributed by atoms with van der Waals surface area (Å²) in [6, 6.07) is 10.2. The van der Waals surface area contributed by atoms with Crippen LogP contribution in [0.1, 0.15) is 38.7 Å². The molecule has 20 heavy (non-hydrogen) atoms. The summed E-state index contributed by atoms with van der Waals surface area (Å²) in [7, 11) is 0. The van der Waals surface area contributed by atoms with Gasteiger partial charge in [-0.15, -0.1) is 0 Å². The lowest BCUT2D eigenvalue weighted by Crippen LogP contribution is -2.50. The minimum atomic E-state index is -0.471. The van der Waals surface area contributed by atoms with Crippen LogP contribution in [0.15, 0.2) is 30.3 Å². The van der Waals surface area contributed by atoms with Crippen molar-refractivity contribution in [1.29, 1.82) is 0 Å². The van der Waals surface area contributed by atoms with Gasteiger partial charge in [0, 0.05) is 25.0 Å². The van der Waals surface area contributed by atoms with Crippen LogP contribution in [0.4, 0.5) is 4.79 Å². The molecule has 110 valence electrons. The minimum absolute atomic E-state index is 0.00137. The number of carbonyl (C=O) groups is 1. The summed E-state index contributed by atoms with van der Waals surface area (Å²) in [5.41, 5.74) is 6.87. The van der Waals surface area contributed by atoms with E-state index in [9.17, 15) is 4.79 Å². The third-order valence-electron chi connectivity index (χ3n) is 3.41. The fraction of sp³-hybridized carbons (Fsp3) is 0.562. The van der Waals surface area contributed by atoms with Gasteiger partial charge in [-0.3, -0.25) is 0 Å². The Morgan fingerprint density at radius 2 is 1.90 bits per heavy atom. The first kappa shape index (κ1) is 14.9. The molecule has 1 saturated heterocycles. The first-order valence-electron chi connectivity index (χ1n) is 7.13. The van der Waals surface area contributed by atoms with E-state index in [2.05, 4.69) is 12.1 Å². The fourth-order valence-corrected chi connectivity index (χ4v) is 2.58. The molecular weight excluding hydrogens is 252 g/mol. The Morgan fingerprint density at radius 3 is 2.50 bits per heavy atom. The molecule has 4 nitrogen and oxygen atoms in total. The second-order valence-electron chi connectivity index (χ2n) is 6.49. The molecule has 1 aromatic rings. The topological polar surface area (TPSA) is 55.6 Å². The predicted octanol–water partition coefficient (Wildman–Crippen LogP) is 2.74. The van der Waals surface area contributed by atoms with Crippen LogP contribution in [0.5, 0.6) is 0 Å². The summed E-state index contributed by atoms with van der Waals surface area (Å²) in [5, 5.41) is 0. The van der Waals surface area contributed by atoms with Gasteiger partial charge in [-0.2, -0.15) is 0 Å². The fourth-order valence-electron chi connectivity index (χ4n) is 2.58. The molecule has 1 heterocycles. The van der Waals surface area contributed by atoms with Crippen LogP contribution >= 0.6 is 0 Å². The SMILES string of the molecule is CC(C)(C)OC(=O)N1C[C@H](N)C[C@H](c2ccccc2)C1. The first-order chi connectivity index (χ1) is 9.35. The number of hydrogen-bond donors (Lipinski definition) is 1. The number of rotatable bonds is 1. The van der Waals surface area contributed by atoms with Crippen molar-refractivity contribution in [1.82, 2.24) is 4.90 Å². The van der Waals surface area contributed by atoms with Crippen LogP contribution in [0.3, 0.4) is 0 Å². The van der Waals surface area contributed by atoms with Crippen LogP contribution in [0.2, 0.25) is 0 Å². The van der Waals surface area contributed by atoms with Crippen molar-refractivity contribution in [3.63, 3.8) is 0 Å². The van der Waals surface area contributed by atoms with E-state index in [1.54, 1.807) is 4.90 Å². The van der Waals surface area contributed by atoms with E-state index in [-0.39, 0.29) is 18.1 Å². The summed E-state index contributed by atoms with van der Waals surface area (Å²) < 4.78 is 5.44. The number of nitrogens with zero attached hydrogens (tertiary/aromatic N) is 1. The van der Waals surface area contributed by atoms with Crippen LogP contribution in [-0.4, -0.2) is 35.7 Å². The summed E-state index contributed by atoms with van der Waals surface area (Å²) in [5.74, 6) is 0.285. The van der Waals surface area contributed by atoms with Crippen molar-refractivity contribution in [3.05, 3.63) is 35.9 Å². The highest BCUT2D eigenvalue weighted by molar-refractivity contribution is 5.68. The van der Waals surface area contributed by atoms with Crippen molar-refractivity contribution in [2.24, 2.45) is 5.73 Å². The molecule has 0 saturated carbocycles. The summed E-state index contributed by atoms with van der Waals surface area (Å²) in [4.78, 5) is 13.9. The van der Waals surface area contributed by atoms with E-state index in [1.165, 1.54) is 5.56 Å². The normalized spacial score (nSPS) is 23.5. The highest BCUT2D eigenvalue weighted by Crippen LogP contribution is 2.27. The highest BCUT2D eigenvalue weighted by atomic mass is 16.6. The smallest absolute Gasteiger partial charge is 0.410 e. The lowest BCUT2D eigenvalue weighted by molar-refractivity contribution is 0.0181. The first-order valence-corrected chi connectivity index (χ1v) is 7.13. The van der Waals surface area contributed by atoms with Crippen molar-refractivity contribution in [2.75, 3.05) is 13.1 Å². The van der Waals surface area contributed by atoms with Crippen molar-refractivity contribution >= 4 is 6.09 Å². The molecule has 1 amide bonds. The number of nitrogens with two attached hydrogens (primary N) is 1. The van der Waals surface area contributed by atoms with E-state index >= 15 is 0 Å². The molecule has 1 aliphatic rings. The Hall–Kier alpha value is -1.55. The van der Waals surface area contributed by atoms with Gasteiger partial charge in [-0.05, 0) is 32.8 Å². The van der Waals surface area contributed by atoms with Crippen LogP contribution in [-0.2, 0) is 4.74 Å². The van der Waals surface area contributed by atoms with Crippen LogP contribution in [0, 0.1) is 0 Å². The second kappa shape index (κ2) is 5.83. The maximum atomic E-state index is 12.2. The lowest BCUT2D eigenvalue weighted by Gasteiger charge is -2.37. The Labute approximate surface area is 120 Å². The van der Waals surface area contributed by atoms with E-state index in [1.807, 2.05) is 39.0 Å². The van der Waals surface area contributed by atoms with E-state index in [0.29, 0.717) is 13.1 Å². The van der Waals surface area contributed by atoms with Gasteiger partial charge in [0.25, 0.3) is 0 Å². The van der Waals surface area contributed by atoms with Gasteiger partial charge >= 0.3 is 6.09 Å². The Bertz CT molecular complexity index is 453. The average molecular weight is 276 g/mol. The van der Waals surface area contributed by atoms with Crippen molar-refractivity contribution in [2.45, 2.75) is 44.8 Å². The minimum Gasteiger partial charge on any atom is -0.444 e. The third-order valence-corrected chi connectivity index (χ3v) is 3.41. The monoisotopic (exact) mass is 276 g/mol. The van der Waals surface area contributed by atoms with Gasteiger partial charge in [0.2, 0.25) is 0 Å². The largest absolute Gasteiger partial charge is 0.444 e. The summed E-state index contributed by atoms with van der Waals surface area (Å²) in [6.45, 7) is 6.88. The van der Waals surface area contributed by atoms with E-state index < -0.39 is 5.60 Å². The van der Waals surface area contributed by atoms with Gasteiger partial charge in [-0.1, -0.05) is 30.3 Å². The molecule has 2 N–H and O–H groups in total. The zero-order valence-electron chi connectivity index (χ0n) is 12.5. The number of hydrogen-bond acceptors (Lipinski definition) is 3. The molecule has 2 rings (SSSR count). The number of amides is 1. The molecule has 0 aromatic heterocycles. The molecule has 1 aliphatic heterocycles. The molecule has 0 bridgehead atoms. The predicted molar refractivity (Wildman–Crippen MR) is 79.6 cm³/mol. The zero-order valence-corrected chi connectivity index (χ0v) is 12.5. The Morgan fingerprint density at radius 1 is 1.25 bits per heavy atom. The molecule has 0 spiro atoms. The van der Waals surface area contributed by atoms with Crippen molar-refractivity contribution < 1.29 is 9.53 Å². The molecule has 1 aromatic carbocycles. The molecule has 4 heteroatoms. The maximum Gasteiger partial charge on any atom is 0.410 e. The van der Waals surface area contributed by atoms with Crippen molar-refractivity contribution in [3.8, 4) is 0 Å². The number of likely N-dealkylation sites (tertiary alicyclic amines) is 1. The number of carbonyl (C=O) groups excluding carboxylic acids is 1. The molecule has 0 unspecified atom stereocenters. The van der Waals surface area contributed by atoms with Gasteiger partial charge < -0.3 is 15.4 Å². The molecule has 2 atom stereocenters. The zero-order chi connectivity index (χ0) is 14.8. The molecule has 1 fully saturated rings. The van der Waals surface area contributed by atoms with E-state index in [4.69, 9.17) is 10.5 Å². The maximum absolute atomic E-state index is 12.2. The standard InChI is InChI=1S/C16H24N2O2/c1-16(2,3)20-15(19)18-10-13(9-14(17)11-18)12-7-5-4-6-8-12/h4-8,13-14H,9-11,17H2,1-3H3/t13-,14+/m0/s1. The van der Waals surface area contributed by atoms with Crippen LogP contribution in [0.25, 0.3) is 0 Å². The third kappa shape index (κ3) is 3.97. The lowest BCUT2D eigenvalue weighted by atomic mass is 9.88. The second-order valence-corrected chi connectivity index (χ2v) is 6.49. The summed E-state index contributed by atoms with van der Waals surface area (Å²) in [6.07, 6.45) is 0.636. The van der Waals surface area contributed by atoms with Gasteiger partial charge in [0.15, 0.2) is 0 Å². The van der Waals surface area contributed by atoms with E-state index in [0.717, 1.165) is 6.42 Å².